The standard InChI is InChI=1S/C28H50N2O4/c1-3-21-29-26(32)19-17-15-13-11-9-7-5-4-6-8-10-12-14-16-18-25(31)20-22-30-27(33)23-24(2)28(30)34/h24H,3-23H2,1-2H3,(H,29,32). The van der Waals surface area contributed by atoms with Gasteiger partial charge in [-0.3, -0.25) is 24.1 Å². The summed E-state index contributed by atoms with van der Waals surface area (Å²) in [5.74, 6) is -0.119. The van der Waals surface area contributed by atoms with E-state index in [2.05, 4.69) is 12.2 Å². The predicted octanol–water partition coefficient (Wildman–Crippen LogP) is 6.11. The second-order valence-electron chi connectivity index (χ2n) is 10.1. The Kier molecular flexibility index (Phi) is 17.4. The summed E-state index contributed by atoms with van der Waals surface area (Å²) in [5, 5.41) is 2.93. The fourth-order valence-electron chi connectivity index (χ4n) is 4.53. The van der Waals surface area contributed by atoms with Crippen molar-refractivity contribution in [1.82, 2.24) is 10.2 Å². The summed E-state index contributed by atoms with van der Waals surface area (Å²) < 4.78 is 0. The predicted molar refractivity (Wildman–Crippen MR) is 137 cm³/mol. The van der Waals surface area contributed by atoms with Gasteiger partial charge in [-0.25, -0.2) is 0 Å². The Hall–Kier alpha value is -1.72. The van der Waals surface area contributed by atoms with Crippen LogP contribution in [0.1, 0.15) is 136 Å². The Morgan fingerprint density at radius 1 is 0.765 bits per heavy atom. The SMILES string of the molecule is CCCNC(=O)CCCCCCCCCCCCCCCCC(=O)CCN1C(=O)CC(C)C1=O. The van der Waals surface area contributed by atoms with E-state index in [4.69, 9.17) is 0 Å². The molecule has 1 saturated heterocycles. The number of ketones is 1. The first-order valence-corrected chi connectivity index (χ1v) is 14.1. The third-order valence-corrected chi connectivity index (χ3v) is 6.77. The van der Waals surface area contributed by atoms with Crippen LogP contribution >= 0.6 is 0 Å². The molecular weight excluding hydrogens is 428 g/mol. The Morgan fingerprint density at radius 2 is 1.24 bits per heavy atom. The molecule has 3 amide bonds. The van der Waals surface area contributed by atoms with Crippen molar-refractivity contribution in [3.63, 3.8) is 0 Å². The first-order valence-electron chi connectivity index (χ1n) is 14.1. The zero-order valence-corrected chi connectivity index (χ0v) is 22.0. The van der Waals surface area contributed by atoms with Crippen molar-refractivity contribution in [2.24, 2.45) is 5.92 Å². The third kappa shape index (κ3) is 14.5. The molecule has 1 rings (SSSR count). The van der Waals surface area contributed by atoms with Crippen LogP contribution in [-0.2, 0) is 19.2 Å². The lowest BCUT2D eigenvalue weighted by Crippen LogP contribution is -2.32. The lowest BCUT2D eigenvalue weighted by Gasteiger charge is -2.13. The molecule has 1 heterocycles. The average molecular weight is 479 g/mol. The van der Waals surface area contributed by atoms with Crippen molar-refractivity contribution in [1.29, 1.82) is 0 Å². The van der Waals surface area contributed by atoms with Gasteiger partial charge in [-0.15, -0.1) is 0 Å². The van der Waals surface area contributed by atoms with Crippen molar-refractivity contribution < 1.29 is 19.2 Å². The summed E-state index contributed by atoms with van der Waals surface area (Å²) in [5.41, 5.74) is 0. The summed E-state index contributed by atoms with van der Waals surface area (Å²) in [6.45, 7) is 4.90. The number of imide groups is 1. The van der Waals surface area contributed by atoms with E-state index in [0.717, 1.165) is 32.2 Å². The number of nitrogens with zero attached hydrogens (tertiary/aromatic N) is 1. The van der Waals surface area contributed by atoms with E-state index in [1.165, 1.54) is 75.5 Å². The maximum atomic E-state index is 12.0. The molecule has 0 aliphatic carbocycles. The number of carbonyl (C=O) groups is 4. The van der Waals surface area contributed by atoms with Crippen molar-refractivity contribution in [2.45, 2.75) is 136 Å². The largest absolute Gasteiger partial charge is 0.356 e. The highest BCUT2D eigenvalue weighted by molar-refractivity contribution is 6.03. The van der Waals surface area contributed by atoms with Gasteiger partial charge in [-0.1, -0.05) is 90.9 Å². The number of amides is 3. The Balaban J connectivity index is 1.79. The van der Waals surface area contributed by atoms with Gasteiger partial charge in [0.05, 0.1) is 0 Å². The molecule has 0 aromatic rings. The van der Waals surface area contributed by atoms with Crippen LogP contribution in [0.15, 0.2) is 0 Å². The highest BCUT2D eigenvalue weighted by Crippen LogP contribution is 2.19. The van der Waals surface area contributed by atoms with Crippen LogP contribution in [0.25, 0.3) is 0 Å². The highest BCUT2D eigenvalue weighted by Gasteiger charge is 2.35. The Morgan fingerprint density at radius 3 is 1.68 bits per heavy atom. The van der Waals surface area contributed by atoms with Crippen LogP contribution in [0.4, 0.5) is 0 Å². The minimum absolute atomic E-state index is 0.127. The van der Waals surface area contributed by atoms with E-state index in [9.17, 15) is 19.2 Å². The third-order valence-electron chi connectivity index (χ3n) is 6.77. The van der Waals surface area contributed by atoms with E-state index >= 15 is 0 Å². The molecule has 0 aromatic heterocycles. The van der Waals surface area contributed by atoms with E-state index < -0.39 is 0 Å². The van der Waals surface area contributed by atoms with Crippen LogP contribution in [0, 0.1) is 5.92 Å². The number of nitrogens with one attached hydrogen (secondary N) is 1. The molecule has 6 nitrogen and oxygen atoms in total. The van der Waals surface area contributed by atoms with Crippen molar-refractivity contribution >= 4 is 23.5 Å². The number of unbranched alkanes of at least 4 members (excludes halogenated alkanes) is 13. The fraction of sp³-hybridized carbons (Fsp3) is 0.857. The van der Waals surface area contributed by atoms with Gasteiger partial charge in [0.25, 0.3) is 0 Å². The van der Waals surface area contributed by atoms with Crippen molar-refractivity contribution in [2.75, 3.05) is 13.1 Å². The molecule has 0 aromatic carbocycles. The van der Waals surface area contributed by atoms with Crippen LogP contribution in [0.3, 0.4) is 0 Å². The quantitative estimate of drug-likeness (QED) is 0.150. The summed E-state index contributed by atoms with van der Waals surface area (Å²) in [6.07, 6.45) is 19.9. The molecule has 34 heavy (non-hydrogen) atoms. The van der Waals surface area contributed by atoms with Gasteiger partial charge < -0.3 is 5.32 Å². The Labute approximate surface area is 208 Å². The lowest BCUT2D eigenvalue weighted by atomic mass is 10.0. The molecule has 1 fully saturated rings. The molecule has 0 saturated carbocycles. The van der Waals surface area contributed by atoms with Gasteiger partial charge >= 0.3 is 0 Å². The summed E-state index contributed by atoms with van der Waals surface area (Å²) in [7, 11) is 0. The molecule has 0 spiro atoms. The number of rotatable bonds is 22. The first-order chi connectivity index (χ1) is 16.5. The fourth-order valence-corrected chi connectivity index (χ4v) is 4.53. The number of likely N-dealkylation sites (tertiary alicyclic amines) is 1. The van der Waals surface area contributed by atoms with Gasteiger partial charge in [0.1, 0.15) is 5.78 Å². The van der Waals surface area contributed by atoms with E-state index in [-0.39, 0.29) is 42.4 Å². The smallest absolute Gasteiger partial charge is 0.232 e. The van der Waals surface area contributed by atoms with Crippen molar-refractivity contribution in [3.8, 4) is 0 Å². The second kappa shape index (κ2) is 19.6. The van der Waals surface area contributed by atoms with E-state index in [1.54, 1.807) is 6.92 Å². The van der Waals surface area contributed by atoms with Gasteiger partial charge in [0.2, 0.25) is 17.7 Å². The zero-order valence-electron chi connectivity index (χ0n) is 22.0. The molecule has 6 heteroatoms. The molecule has 1 aliphatic rings. The lowest BCUT2D eigenvalue weighted by molar-refractivity contribution is -0.139. The van der Waals surface area contributed by atoms with Crippen LogP contribution in [-0.4, -0.2) is 41.5 Å². The van der Waals surface area contributed by atoms with E-state index in [0.29, 0.717) is 19.3 Å². The summed E-state index contributed by atoms with van der Waals surface area (Å²) in [4.78, 5) is 48.4. The van der Waals surface area contributed by atoms with Gasteiger partial charge in [0.15, 0.2) is 0 Å². The molecular formula is C28H50N2O4. The zero-order chi connectivity index (χ0) is 25.0. The second-order valence-corrected chi connectivity index (χ2v) is 10.1. The molecule has 1 unspecified atom stereocenters. The normalized spacial score (nSPS) is 15.8. The monoisotopic (exact) mass is 478 g/mol. The van der Waals surface area contributed by atoms with Crippen LogP contribution in [0.5, 0.6) is 0 Å². The molecule has 1 atom stereocenters. The molecule has 196 valence electrons. The maximum Gasteiger partial charge on any atom is 0.232 e. The minimum atomic E-state index is -0.227. The summed E-state index contributed by atoms with van der Waals surface area (Å²) >= 11 is 0. The summed E-state index contributed by atoms with van der Waals surface area (Å²) in [6, 6.07) is 0. The molecule has 0 bridgehead atoms. The van der Waals surface area contributed by atoms with E-state index in [1.807, 2.05) is 0 Å². The van der Waals surface area contributed by atoms with Gasteiger partial charge in [0, 0.05) is 44.7 Å². The highest BCUT2D eigenvalue weighted by atomic mass is 16.2. The minimum Gasteiger partial charge on any atom is -0.356 e. The van der Waals surface area contributed by atoms with Gasteiger partial charge in [-0.05, 0) is 19.3 Å². The average Bonchev–Trinajstić information content (AvgIpc) is 3.06. The maximum absolute atomic E-state index is 12.0. The first kappa shape index (κ1) is 30.3. The molecule has 1 N–H and O–H groups in total. The van der Waals surface area contributed by atoms with Gasteiger partial charge in [-0.2, -0.15) is 0 Å². The molecule has 1 aliphatic heterocycles. The number of hydrogen-bond acceptors (Lipinski definition) is 4. The molecule has 0 radical (unpaired) electrons. The van der Waals surface area contributed by atoms with Crippen molar-refractivity contribution in [3.05, 3.63) is 0 Å². The number of Topliss-reactive ketones (excluding diaryl/α,β-unsaturated/α-hetero) is 1. The Bertz CT molecular complexity index is 605. The van der Waals surface area contributed by atoms with Crippen LogP contribution < -0.4 is 5.32 Å². The topological polar surface area (TPSA) is 83.6 Å². The van der Waals surface area contributed by atoms with Crippen LogP contribution in [0.2, 0.25) is 0 Å². The number of carbonyl (C=O) groups excluding carboxylic acids is 4. The number of hydrogen-bond donors (Lipinski definition) is 1.